The zero-order chi connectivity index (χ0) is 13.3. The van der Waals surface area contributed by atoms with Crippen LogP contribution in [0.1, 0.15) is 10.5 Å². The van der Waals surface area contributed by atoms with Gasteiger partial charge in [0.1, 0.15) is 5.69 Å². The lowest BCUT2D eigenvalue weighted by Crippen LogP contribution is -2.25. The van der Waals surface area contributed by atoms with Gasteiger partial charge < -0.3 is 0 Å². The smallest absolute Gasteiger partial charge is 0.282 e. The number of carbonyl (C=O) groups excluding carboxylic acids is 1. The Kier molecular flexibility index (Phi) is 2.94. The summed E-state index contributed by atoms with van der Waals surface area (Å²) in [4.78, 5) is 11.1. The van der Waals surface area contributed by atoms with Crippen molar-refractivity contribution >= 4 is 5.78 Å². The molecule has 0 radical (unpaired) electrons. The number of carbonyl (C=O) groups is 1. The van der Waals surface area contributed by atoms with Crippen LogP contribution in [0.4, 0.5) is 13.2 Å². The summed E-state index contributed by atoms with van der Waals surface area (Å²) in [5, 5.41) is 3.91. The topological polar surface area (TPSA) is 34.9 Å². The molecule has 0 saturated carbocycles. The lowest BCUT2D eigenvalue weighted by Gasteiger charge is -2.03. The number of halogens is 3. The molecule has 0 bridgehead atoms. The summed E-state index contributed by atoms with van der Waals surface area (Å²) in [6.45, 7) is 0. The van der Waals surface area contributed by atoms with E-state index in [1.54, 1.807) is 30.3 Å². The van der Waals surface area contributed by atoms with Gasteiger partial charge in [0, 0.05) is 12.6 Å². The second kappa shape index (κ2) is 4.29. The Bertz CT molecular complexity index is 573. The summed E-state index contributed by atoms with van der Waals surface area (Å²) in [6.07, 6.45) is -4.89. The third kappa shape index (κ3) is 2.27. The third-order valence-corrected chi connectivity index (χ3v) is 2.44. The minimum Gasteiger partial charge on any atom is -0.282 e. The summed E-state index contributed by atoms with van der Waals surface area (Å²) in [5.41, 5.74) is 0.529. The minimum absolute atomic E-state index is 0.339. The number of nitrogens with zero attached hydrogens (tertiary/aromatic N) is 2. The Hall–Kier alpha value is -2.11. The third-order valence-electron chi connectivity index (χ3n) is 2.44. The van der Waals surface area contributed by atoms with Gasteiger partial charge in [0.2, 0.25) is 0 Å². The standard InChI is InChI=1S/C12H9F3N2O/c1-17-10(11(18)12(13,14)15)7-9(16-17)8-5-3-2-4-6-8/h2-7H,1H3. The van der Waals surface area contributed by atoms with Crippen LogP contribution >= 0.6 is 0 Å². The van der Waals surface area contributed by atoms with Gasteiger partial charge in [0.25, 0.3) is 5.78 Å². The van der Waals surface area contributed by atoms with E-state index in [2.05, 4.69) is 5.10 Å². The average molecular weight is 254 g/mol. The van der Waals surface area contributed by atoms with E-state index >= 15 is 0 Å². The molecule has 0 spiro atoms. The number of aromatic nitrogens is 2. The maximum atomic E-state index is 12.3. The number of aryl methyl sites for hydroxylation is 1. The molecule has 2 rings (SSSR count). The van der Waals surface area contributed by atoms with Crippen LogP contribution in [-0.4, -0.2) is 21.7 Å². The summed E-state index contributed by atoms with van der Waals surface area (Å²) < 4.78 is 38.0. The van der Waals surface area contributed by atoms with Crippen molar-refractivity contribution in [3.63, 3.8) is 0 Å². The highest BCUT2D eigenvalue weighted by atomic mass is 19.4. The van der Waals surface area contributed by atoms with Crippen LogP contribution in [0, 0.1) is 0 Å². The molecule has 1 heterocycles. The van der Waals surface area contributed by atoms with Crippen LogP contribution < -0.4 is 0 Å². The second-order valence-electron chi connectivity index (χ2n) is 3.73. The zero-order valence-corrected chi connectivity index (χ0v) is 9.40. The van der Waals surface area contributed by atoms with Crippen LogP contribution in [0.2, 0.25) is 0 Å². The van der Waals surface area contributed by atoms with Crippen LogP contribution in [0.3, 0.4) is 0 Å². The highest BCUT2D eigenvalue weighted by Crippen LogP contribution is 2.24. The number of hydrogen-bond donors (Lipinski definition) is 0. The molecule has 0 atom stereocenters. The molecule has 1 aromatic carbocycles. The first-order chi connectivity index (χ1) is 8.39. The first-order valence-corrected chi connectivity index (χ1v) is 5.10. The molecule has 2 aromatic rings. The molecule has 0 amide bonds. The van der Waals surface area contributed by atoms with Crippen molar-refractivity contribution in [3.8, 4) is 11.3 Å². The van der Waals surface area contributed by atoms with Crippen LogP contribution in [0.25, 0.3) is 11.3 Å². The largest absolute Gasteiger partial charge is 0.456 e. The van der Waals surface area contributed by atoms with Gasteiger partial charge in [-0.25, -0.2) is 0 Å². The number of rotatable bonds is 2. The van der Waals surface area contributed by atoms with Crippen molar-refractivity contribution in [2.75, 3.05) is 0 Å². The van der Waals surface area contributed by atoms with Gasteiger partial charge in [-0.15, -0.1) is 0 Å². The normalized spacial score (nSPS) is 11.6. The Morgan fingerprint density at radius 2 is 1.83 bits per heavy atom. The molecule has 94 valence electrons. The molecule has 0 aliphatic rings. The molecule has 1 aromatic heterocycles. The summed E-state index contributed by atoms with van der Waals surface area (Å²) in [7, 11) is 1.31. The quantitative estimate of drug-likeness (QED) is 0.772. The van der Waals surface area contributed by atoms with E-state index in [1.807, 2.05) is 0 Å². The Labute approximate surface area is 101 Å². The monoisotopic (exact) mass is 254 g/mol. The Morgan fingerprint density at radius 1 is 1.22 bits per heavy atom. The second-order valence-corrected chi connectivity index (χ2v) is 3.73. The van der Waals surface area contributed by atoms with Gasteiger partial charge in [-0.05, 0) is 6.07 Å². The van der Waals surface area contributed by atoms with Crippen molar-refractivity contribution in [2.24, 2.45) is 7.05 Å². The van der Waals surface area contributed by atoms with Crippen molar-refractivity contribution < 1.29 is 18.0 Å². The molecule has 0 N–H and O–H groups in total. The highest BCUT2D eigenvalue weighted by molar-refractivity contribution is 5.99. The lowest BCUT2D eigenvalue weighted by molar-refractivity contribution is -0.0890. The van der Waals surface area contributed by atoms with Crippen molar-refractivity contribution in [3.05, 3.63) is 42.1 Å². The van der Waals surface area contributed by atoms with Crippen molar-refractivity contribution in [1.29, 1.82) is 0 Å². The molecule has 3 nitrogen and oxygen atoms in total. The SMILES string of the molecule is Cn1nc(-c2ccccc2)cc1C(=O)C(F)(F)F. The molecular weight excluding hydrogens is 245 g/mol. The van der Waals surface area contributed by atoms with E-state index in [4.69, 9.17) is 0 Å². The number of ketones is 1. The lowest BCUT2D eigenvalue weighted by atomic mass is 10.1. The van der Waals surface area contributed by atoms with E-state index in [-0.39, 0.29) is 0 Å². The molecule has 18 heavy (non-hydrogen) atoms. The van der Waals surface area contributed by atoms with Crippen molar-refractivity contribution in [2.45, 2.75) is 6.18 Å². The predicted molar refractivity (Wildman–Crippen MR) is 59.0 cm³/mol. The molecular formula is C12H9F3N2O. The fourth-order valence-electron chi connectivity index (χ4n) is 1.57. The molecule has 0 aliphatic carbocycles. The van der Waals surface area contributed by atoms with E-state index in [0.717, 1.165) is 10.7 Å². The summed E-state index contributed by atoms with van der Waals surface area (Å²) in [6, 6.07) is 9.85. The minimum atomic E-state index is -4.89. The molecule has 0 saturated heterocycles. The maximum absolute atomic E-state index is 12.3. The number of benzene rings is 1. The zero-order valence-electron chi connectivity index (χ0n) is 9.40. The van der Waals surface area contributed by atoms with Gasteiger partial charge in [-0.2, -0.15) is 18.3 Å². The Morgan fingerprint density at radius 3 is 2.39 bits per heavy atom. The van der Waals surface area contributed by atoms with E-state index in [9.17, 15) is 18.0 Å². The average Bonchev–Trinajstić information content (AvgIpc) is 2.70. The van der Waals surface area contributed by atoms with Gasteiger partial charge in [-0.1, -0.05) is 30.3 Å². The molecule has 0 aliphatic heterocycles. The first-order valence-electron chi connectivity index (χ1n) is 5.10. The number of Topliss-reactive ketones (excluding diaryl/α,β-unsaturated/α-hetero) is 1. The van der Waals surface area contributed by atoms with E-state index < -0.39 is 17.7 Å². The fraction of sp³-hybridized carbons (Fsp3) is 0.167. The van der Waals surface area contributed by atoms with Gasteiger partial charge in [0.15, 0.2) is 0 Å². The molecule has 0 unspecified atom stereocenters. The fourth-order valence-corrected chi connectivity index (χ4v) is 1.57. The Balaban J connectivity index is 2.43. The van der Waals surface area contributed by atoms with Gasteiger partial charge in [-0.3, -0.25) is 9.48 Å². The van der Waals surface area contributed by atoms with Crippen LogP contribution in [0.5, 0.6) is 0 Å². The van der Waals surface area contributed by atoms with Crippen LogP contribution in [0.15, 0.2) is 36.4 Å². The summed E-state index contributed by atoms with van der Waals surface area (Å²) in [5.74, 6) is -1.89. The molecule has 0 fully saturated rings. The maximum Gasteiger partial charge on any atom is 0.456 e. The number of alkyl halides is 3. The number of hydrogen-bond acceptors (Lipinski definition) is 2. The highest BCUT2D eigenvalue weighted by Gasteiger charge is 2.41. The molecule has 6 heteroatoms. The van der Waals surface area contributed by atoms with Crippen LogP contribution in [-0.2, 0) is 7.05 Å². The van der Waals surface area contributed by atoms with Gasteiger partial charge in [0.05, 0.1) is 5.69 Å². The predicted octanol–water partition coefficient (Wildman–Crippen LogP) is 2.83. The van der Waals surface area contributed by atoms with Crippen molar-refractivity contribution in [1.82, 2.24) is 9.78 Å². The summed E-state index contributed by atoms with van der Waals surface area (Å²) >= 11 is 0. The van der Waals surface area contributed by atoms with E-state index in [1.165, 1.54) is 7.05 Å². The van der Waals surface area contributed by atoms with Gasteiger partial charge >= 0.3 is 6.18 Å². The first kappa shape index (κ1) is 12.3. The van der Waals surface area contributed by atoms with E-state index in [0.29, 0.717) is 11.3 Å².